The maximum Gasteiger partial charge on any atom is 0.147 e. The summed E-state index contributed by atoms with van der Waals surface area (Å²) in [6, 6.07) is 5.14. The first-order chi connectivity index (χ1) is 7.38. The summed E-state index contributed by atoms with van der Waals surface area (Å²) in [7, 11) is -2.89. The second-order valence-electron chi connectivity index (χ2n) is 3.53. The first kappa shape index (κ1) is 13.6. The predicted molar refractivity (Wildman–Crippen MR) is 69.3 cm³/mol. The normalized spacial score (nSPS) is 11.4. The zero-order chi connectivity index (χ0) is 12.2. The lowest BCUT2D eigenvalue weighted by molar-refractivity contribution is 0.600. The zero-order valence-corrected chi connectivity index (χ0v) is 11.2. The average Bonchev–Trinajstić information content (AvgIpc) is 2.13. The third-order valence-corrected chi connectivity index (χ3v) is 3.52. The molecule has 0 bridgehead atoms. The van der Waals surface area contributed by atoms with Crippen molar-refractivity contribution in [1.82, 2.24) is 0 Å². The molecule has 0 radical (unpaired) electrons. The highest BCUT2D eigenvalue weighted by atomic mass is 35.5. The molecule has 90 valence electrons. The number of anilines is 1. The largest absolute Gasteiger partial charge is 0.384 e. The first-order valence-electron chi connectivity index (χ1n) is 4.75. The smallest absolute Gasteiger partial charge is 0.147 e. The molecule has 0 heterocycles. The fourth-order valence-corrected chi connectivity index (χ4v) is 2.33. The van der Waals surface area contributed by atoms with Gasteiger partial charge in [0.1, 0.15) is 9.84 Å². The Hall–Kier alpha value is -0.450. The summed E-state index contributed by atoms with van der Waals surface area (Å²) in [4.78, 5) is 0. The molecule has 1 N–H and O–H groups in total. The van der Waals surface area contributed by atoms with Gasteiger partial charge in [0.25, 0.3) is 0 Å². The number of hydrogen-bond donors (Lipinski definition) is 1. The maximum absolute atomic E-state index is 10.9. The molecular weight excluding hydrogens is 269 g/mol. The van der Waals surface area contributed by atoms with E-state index in [2.05, 4.69) is 5.32 Å². The van der Waals surface area contributed by atoms with E-state index in [4.69, 9.17) is 23.2 Å². The second kappa shape index (κ2) is 5.75. The minimum Gasteiger partial charge on any atom is -0.384 e. The third-order valence-electron chi connectivity index (χ3n) is 1.94. The van der Waals surface area contributed by atoms with Crippen LogP contribution in [0.4, 0.5) is 5.69 Å². The summed E-state index contributed by atoms with van der Waals surface area (Å²) in [5.74, 6) is 0.172. The molecule has 1 rings (SSSR count). The van der Waals surface area contributed by atoms with Crippen molar-refractivity contribution in [3.05, 3.63) is 28.2 Å². The summed E-state index contributed by atoms with van der Waals surface area (Å²) in [6.45, 7) is 0.564. The van der Waals surface area contributed by atoms with Crippen molar-refractivity contribution in [2.24, 2.45) is 0 Å². The molecule has 0 saturated carbocycles. The van der Waals surface area contributed by atoms with Gasteiger partial charge in [0.2, 0.25) is 0 Å². The minimum absolute atomic E-state index is 0.172. The van der Waals surface area contributed by atoms with Gasteiger partial charge in [-0.3, -0.25) is 0 Å². The van der Waals surface area contributed by atoms with Crippen LogP contribution in [0.15, 0.2) is 18.2 Å². The highest BCUT2D eigenvalue weighted by molar-refractivity contribution is 7.90. The SMILES string of the molecule is CS(=O)(=O)CCCNc1ccc(Cl)cc1Cl. The fraction of sp³-hybridized carbons (Fsp3) is 0.400. The molecule has 0 aliphatic carbocycles. The van der Waals surface area contributed by atoms with Crippen LogP contribution in [0.25, 0.3) is 0 Å². The van der Waals surface area contributed by atoms with E-state index >= 15 is 0 Å². The molecule has 0 atom stereocenters. The average molecular weight is 282 g/mol. The molecule has 0 unspecified atom stereocenters. The van der Waals surface area contributed by atoms with Gasteiger partial charge in [-0.15, -0.1) is 0 Å². The maximum atomic E-state index is 10.9. The summed E-state index contributed by atoms with van der Waals surface area (Å²) < 4.78 is 21.8. The Morgan fingerprint density at radius 3 is 2.56 bits per heavy atom. The van der Waals surface area contributed by atoms with E-state index < -0.39 is 9.84 Å². The van der Waals surface area contributed by atoms with Crippen LogP contribution >= 0.6 is 23.2 Å². The summed E-state index contributed by atoms with van der Waals surface area (Å²) >= 11 is 11.7. The van der Waals surface area contributed by atoms with Gasteiger partial charge < -0.3 is 5.32 Å². The Balaban J connectivity index is 2.43. The Bertz CT molecular complexity index is 460. The molecule has 1 aromatic carbocycles. The molecule has 0 saturated heterocycles. The van der Waals surface area contributed by atoms with Crippen molar-refractivity contribution in [1.29, 1.82) is 0 Å². The van der Waals surface area contributed by atoms with Gasteiger partial charge >= 0.3 is 0 Å². The van der Waals surface area contributed by atoms with Crippen molar-refractivity contribution in [2.45, 2.75) is 6.42 Å². The Kier molecular flexibility index (Phi) is 4.89. The van der Waals surface area contributed by atoms with E-state index in [0.29, 0.717) is 23.0 Å². The molecule has 1 aromatic rings. The van der Waals surface area contributed by atoms with Crippen LogP contribution < -0.4 is 5.32 Å². The summed E-state index contributed by atoms with van der Waals surface area (Å²) in [6.07, 6.45) is 1.78. The highest BCUT2D eigenvalue weighted by Crippen LogP contribution is 2.25. The Morgan fingerprint density at radius 1 is 1.31 bits per heavy atom. The lowest BCUT2D eigenvalue weighted by atomic mass is 10.3. The molecule has 0 aliphatic rings. The monoisotopic (exact) mass is 281 g/mol. The predicted octanol–water partition coefficient (Wildman–Crippen LogP) is 2.84. The van der Waals surface area contributed by atoms with Crippen LogP contribution in [-0.2, 0) is 9.84 Å². The van der Waals surface area contributed by atoms with Crippen LogP contribution in [0.1, 0.15) is 6.42 Å². The lowest BCUT2D eigenvalue weighted by Crippen LogP contribution is -2.09. The van der Waals surface area contributed by atoms with Crippen molar-refractivity contribution in [3.63, 3.8) is 0 Å². The summed E-state index contributed by atoms with van der Waals surface area (Å²) in [5, 5.41) is 4.17. The molecule has 3 nitrogen and oxygen atoms in total. The van der Waals surface area contributed by atoms with E-state index in [9.17, 15) is 8.42 Å². The molecule has 0 aliphatic heterocycles. The number of rotatable bonds is 5. The van der Waals surface area contributed by atoms with Gasteiger partial charge in [-0.05, 0) is 24.6 Å². The number of benzene rings is 1. The first-order valence-corrected chi connectivity index (χ1v) is 7.57. The van der Waals surface area contributed by atoms with Crippen LogP contribution in [-0.4, -0.2) is 27.0 Å². The van der Waals surface area contributed by atoms with Crippen LogP contribution in [0.3, 0.4) is 0 Å². The number of nitrogens with one attached hydrogen (secondary N) is 1. The lowest BCUT2D eigenvalue weighted by Gasteiger charge is -2.07. The quantitative estimate of drug-likeness (QED) is 0.845. The van der Waals surface area contributed by atoms with E-state index in [1.165, 1.54) is 6.26 Å². The van der Waals surface area contributed by atoms with E-state index in [0.717, 1.165) is 5.69 Å². The number of hydrogen-bond acceptors (Lipinski definition) is 3. The Labute approximate surface area is 106 Å². The molecule has 0 spiro atoms. The number of halogens is 2. The summed E-state index contributed by atoms with van der Waals surface area (Å²) in [5.41, 5.74) is 0.763. The van der Waals surface area contributed by atoms with E-state index in [1.54, 1.807) is 18.2 Å². The van der Waals surface area contributed by atoms with Crippen LogP contribution in [0, 0.1) is 0 Å². The molecule has 6 heteroatoms. The van der Waals surface area contributed by atoms with E-state index in [1.807, 2.05) is 0 Å². The molecule has 0 amide bonds. The topological polar surface area (TPSA) is 46.2 Å². The van der Waals surface area contributed by atoms with Crippen LogP contribution in [0.2, 0.25) is 10.0 Å². The van der Waals surface area contributed by atoms with Gasteiger partial charge in [-0.2, -0.15) is 0 Å². The van der Waals surface area contributed by atoms with Gasteiger partial charge in [0.15, 0.2) is 0 Å². The van der Waals surface area contributed by atoms with Gasteiger partial charge in [-0.25, -0.2) is 8.42 Å². The molecule has 0 aromatic heterocycles. The fourth-order valence-electron chi connectivity index (χ4n) is 1.19. The van der Waals surface area contributed by atoms with Gasteiger partial charge in [-0.1, -0.05) is 23.2 Å². The standard InChI is InChI=1S/C10H13Cl2NO2S/c1-16(14,15)6-2-5-13-10-4-3-8(11)7-9(10)12/h3-4,7,13H,2,5-6H2,1H3. The van der Waals surface area contributed by atoms with Gasteiger partial charge in [0.05, 0.1) is 16.5 Å². The molecular formula is C10H13Cl2NO2S. The highest BCUT2D eigenvalue weighted by Gasteiger charge is 2.03. The van der Waals surface area contributed by atoms with Gasteiger partial charge in [0, 0.05) is 17.8 Å². The zero-order valence-electron chi connectivity index (χ0n) is 8.83. The van der Waals surface area contributed by atoms with E-state index in [-0.39, 0.29) is 5.75 Å². The number of sulfone groups is 1. The Morgan fingerprint density at radius 2 is 2.00 bits per heavy atom. The third kappa shape index (κ3) is 5.05. The van der Waals surface area contributed by atoms with Crippen molar-refractivity contribution < 1.29 is 8.42 Å². The van der Waals surface area contributed by atoms with Crippen molar-refractivity contribution in [2.75, 3.05) is 23.9 Å². The minimum atomic E-state index is -2.89. The second-order valence-corrected chi connectivity index (χ2v) is 6.64. The van der Waals surface area contributed by atoms with Crippen molar-refractivity contribution in [3.8, 4) is 0 Å². The van der Waals surface area contributed by atoms with Crippen LogP contribution in [0.5, 0.6) is 0 Å². The molecule has 0 fully saturated rings. The molecule has 16 heavy (non-hydrogen) atoms. The van der Waals surface area contributed by atoms with Crippen molar-refractivity contribution >= 4 is 38.7 Å².